The van der Waals surface area contributed by atoms with Crippen LogP contribution in [0.3, 0.4) is 0 Å². The summed E-state index contributed by atoms with van der Waals surface area (Å²) in [5.74, 6) is -0.813. The Kier molecular flexibility index (Phi) is 4.17. The number of amides is 2. The van der Waals surface area contributed by atoms with Crippen LogP contribution < -0.4 is 0 Å². The number of aromatic nitrogens is 1. The molecular formula is C22H14N2O6. The summed E-state index contributed by atoms with van der Waals surface area (Å²) >= 11 is 0. The number of rotatable bonds is 5. The van der Waals surface area contributed by atoms with Crippen molar-refractivity contribution in [1.29, 1.82) is 0 Å². The van der Waals surface area contributed by atoms with Crippen LogP contribution in [0.4, 0.5) is 0 Å². The second kappa shape index (κ2) is 7.00. The number of carbonyl (C=O) groups is 3. The average Bonchev–Trinajstić information content (AvgIpc) is 3.48. The van der Waals surface area contributed by atoms with Crippen molar-refractivity contribution in [1.82, 2.24) is 9.88 Å². The van der Waals surface area contributed by atoms with Crippen LogP contribution in [-0.2, 0) is 17.9 Å². The van der Waals surface area contributed by atoms with Crippen LogP contribution in [0.2, 0.25) is 0 Å². The molecule has 3 heterocycles. The Morgan fingerprint density at radius 3 is 2.63 bits per heavy atom. The van der Waals surface area contributed by atoms with Gasteiger partial charge in [-0.2, -0.15) is 0 Å². The van der Waals surface area contributed by atoms with E-state index in [1.165, 1.54) is 24.5 Å². The van der Waals surface area contributed by atoms with Crippen molar-refractivity contribution in [2.75, 3.05) is 0 Å². The minimum Gasteiger partial charge on any atom is -0.467 e. The number of esters is 1. The van der Waals surface area contributed by atoms with E-state index in [-0.39, 0.29) is 35.7 Å². The van der Waals surface area contributed by atoms with E-state index in [2.05, 4.69) is 4.98 Å². The van der Waals surface area contributed by atoms with E-state index in [0.29, 0.717) is 16.9 Å². The van der Waals surface area contributed by atoms with Crippen LogP contribution in [0.15, 0.2) is 69.7 Å². The summed E-state index contributed by atoms with van der Waals surface area (Å²) in [4.78, 5) is 43.0. The van der Waals surface area contributed by atoms with E-state index in [1.807, 2.05) is 12.1 Å². The molecule has 5 rings (SSSR count). The Balaban J connectivity index is 1.32. The molecule has 1 aliphatic rings. The summed E-state index contributed by atoms with van der Waals surface area (Å²) in [5, 5.41) is 0. The molecule has 0 bridgehead atoms. The fraction of sp³-hybridized carbons (Fsp3) is 0.0909. The monoisotopic (exact) mass is 402 g/mol. The number of nitrogens with zero attached hydrogens (tertiary/aromatic N) is 2. The van der Waals surface area contributed by atoms with E-state index >= 15 is 0 Å². The molecule has 4 aromatic rings. The topological polar surface area (TPSA) is 103 Å². The molecule has 0 radical (unpaired) electrons. The predicted octanol–water partition coefficient (Wildman–Crippen LogP) is 3.57. The summed E-state index contributed by atoms with van der Waals surface area (Å²) in [7, 11) is 0. The summed E-state index contributed by atoms with van der Waals surface area (Å²) in [6.45, 7) is -0.126. The van der Waals surface area contributed by atoms with Crippen LogP contribution in [0.1, 0.15) is 42.7 Å². The molecule has 8 nitrogen and oxygen atoms in total. The number of ether oxygens (including phenoxy) is 1. The van der Waals surface area contributed by atoms with Gasteiger partial charge in [-0.1, -0.05) is 12.1 Å². The number of benzene rings is 2. The highest BCUT2D eigenvalue weighted by Gasteiger charge is 2.36. The maximum Gasteiger partial charge on any atom is 0.338 e. The number of fused-ring (bicyclic) bond motifs is 2. The van der Waals surface area contributed by atoms with Crippen LogP contribution in [0.5, 0.6) is 0 Å². The molecule has 0 saturated heterocycles. The third-order valence-electron chi connectivity index (χ3n) is 4.77. The Hall–Kier alpha value is -4.20. The molecule has 0 N–H and O–H groups in total. The van der Waals surface area contributed by atoms with Crippen LogP contribution >= 0.6 is 0 Å². The van der Waals surface area contributed by atoms with Gasteiger partial charge in [0.2, 0.25) is 5.89 Å². The number of carbonyl (C=O) groups excluding carboxylic acids is 3. The first-order valence-corrected chi connectivity index (χ1v) is 9.14. The zero-order chi connectivity index (χ0) is 20.7. The van der Waals surface area contributed by atoms with Crippen molar-refractivity contribution in [2.24, 2.45) is 0 Å². The van der Waals surface area contributed by atoms with Gasteiger partial charge in [-0.3, -0.25) is 14.5 Å². The molecule has 2 aromatic carbocycles. The number of hydrogen-bond donors (Lipinski definition) is 0. The molecule has 0 atom stereocenters. The summed E-state index contributed by atoms with van der Waals surface area (Å²) < 4.78 is 16.0. The van der Waals surface area contributed by atoms with Crippen LogP contribution in [0.25, 0.3) is 11.1 Å². The number of para-hydroxylation sites is 2. The molecule has 148 valence electrons. The van der Waals surface area contributed by atoms with E-state index in [0.717, 1.165) is 4.90 Å². The van der Waals surface area contributed by atoms with E-state index in [1.54, 1.807) is 24.3 Å². The highest BCUT2D eigenvalue weighted by atomic mass is 16.5. The summed E-state index contributed by atoms with van der Waals surface area (Å²) in [6, 6.07) is 14.8. The Bertz CT molecular complexity index is 1260. The molecule has 0 unspecified atom stereocenters. The van der Waals surface area contributed by atoms with Crippen LogP contribution in [0, 0.1) is 0 Å². The number of hydrogen-bond acceptors (Lipinski definition) is 7. The molecule has 0 spiro atoms. The highest BCUT2D eigenvalue weighted by molar-refractivity contribution is 6.21. The number of imide groups is 1. The van der Waals surface area contributed by atoms with Gasteiger partial charge in [-0.15, -0.1) is 0 Å². The Morgan fingerprint density at radius 2 is 1.83 bits per heavy atom. The lowest BCUT2D eigenvalue weighted by molar-refractivity contribution is 0.0440. The summed E-state index contributed by atoms with van der Waals surface area (Å²) in [6.07, 6.45) is 1.47. The first-order valence-electron chi connectivity index (χ1n) is 9.14. The van der Waals surface area contributed by atoms with E-state index in [9.17, 15) is 14.4 Å². The largest absolute Gasteiger partial charge is 0.467 e. The first kappa shape index (κ1) is 17.9. The van der Waals surface area contributed by atoms with Crippen molar-refractivity contribution in [3.63, 3.8) is 0 Å². The molecule has 30 heavy (non-hydrogen) atoms. The minimum absolute atomic E-state index is 0.0247. The second-order valence-corrected chi connectivity index (χ2v) is 6.69. The normalized spacial score (nSPS) is 13.1. The lowest BCUT2D eigenvalue weighted by Crippen LogP contribution is -2.28. The zero-order valence-corrected chi connectivity index (χ0v) is 15.5. The second-order valence-electron chi connectivity index (χ2n) is 6.69. The molecule has 0 aliphatic carbocycles. The van der Waals surface area contributed by atoms with Crippen molar-refractivity contribution in [3.8, 4) is 0 Å². The Labute approximate surface area is 169 Å². The Morgan fingerprint density at radius 1 is 1.00 bits per heavy atom. The smallest absolute Gasteiger partial charge is 0.338 e. The third-order valence-corrected chi connectivity index (χ3v) is 4.77. The van der Waals surface area contributed by atoms with Gasteiger partial charge in [0, 0.05) is 0 Å². The van der Waals surface area contributed by atoms with Gasteiger partial charge < -0.3 is 13.6 Å². The fourth-order valence-electron chi connectivity index (χ4n) is 3.31. The predicted molar refractivity (Wildman–Crippen MR) is 102 cm³/mol. The molecule has 0 fully saturated rings. The van der Waals surface area contributed by atoms with Crippen molar-refractivity contribution < 1.29 is 28.0 Å². The molecule has 8 heteroatoms. The molecule has 2 amide bonds. The van der Waals surface area contributed by atoms with Crippen LogP contribution in [-0.4, -0.2) is 27.7 Å². The van der Waals surface area contributed by atoms with Gasteiger partial charge in [0.15, 0.2) is 12.2 Å². The van der Waals surface area contributed by atoms with E-state index < -0.39 is 17.8 Å². The molecular weight excluding hydrogens is 388 g/mol. The van der Waals surface area contributed by atoms with Gasteiger partial charge >= 0.3 is 5.97 Å². The van der Waals surface area contributed by atoms with Gasteiger partial charge in [-0.25, -0.2) is 9.78 Å². The minimum atomic E-state index is -0.648. The molecule has 0 saturated carbocycles. The average molecular weight is 402 g/mol. The highest BCUT2D eigenvalue weighted by Crippen LogP contribution is 2.26. The SMILES string of the molecule is O=C(OCc1nc2ccccc2o1)c1ccc2c(c1)C(=O)N(Cc1ccco1)C2=O. The molecule has 1 aliphatic heterocycles. The van der Waals surface area contributed by atoms with Gasteiger partial charge in [0.05, 0.1) is 29.5 Å². The maximum absolute atomic E-state index is 12.7. The van der Waals surface area contributed by atoms with Gasteiger partial charge in [0.25, 0.3) is 11.8 Å². The first-order chi connectivity index (χ1) is 14.6. The van der Waals surface area contributed by atoms with E-state index in [4.69, 9.17) is 13.6 Å². The zero-order valence-electron chi connectivity index (χ0n) is 15.5. The molecule has 2 aromatic heterocycles. The van der Waals surface area contributed by atoms with Crippen molar-refractivity contribution in [2.45, 2.75) is 13.2 Å². The summed E-state index contributed by atoms with van der Waals surface area (Å²) in [5.41, 5.74) is 1.82. The number of furan rings is 1. The van der Waals surface area contributed by atoms with Crippen molar-refractivity contribution >= 4 is 28.9 Å². The van der Waals surface area contributed by atoms with Crippen molar-refractivity contribution in [3.05, 3.63) is 89.2 Å². The fourth-order valence-corrected chi connectivity index (χ4v) is 3.31. The standard InChI is InChI=1S/C22H14N2O6/c25-20-15-8-7-13(10-16(15)21(26)24(20)11-14-4-3-9-28-14)22(27)29-12-19-23-17-5-1-2-6-18(17)30-19/h1-10H,11-12H2. The van der Waals surface area contributed by atoms with Gasteiger partial charge in [-0.05, 0) is 42.5 Å². The number of oxazole rings is 1. The lowest BCUT2D eigenvalue weighted by Gasteiger charge is -2.11. The van der Waals surface area contributed by atoms with Gasteiger partial charge in [0.1, 0.15) is 11.3 Å². The maximum atomic E-state index is 12.7. The quantitative estimate of drug-likeness (QED) is 0.371. The lowest BCUT2D eigenvalue weighted by atomic mass is 10.1. The third kappa shape index (κ3) is 3.04.